The van der Waals surface area contributed by atoms with Crippen LogP contribution in [-0.4, -0.2) is 27.7 Å². The van der Waals surface area contributed by atoms with Gasteiger partial charge >= 0.3 is 0 Å². The zero-order chi connectivity index (χ0) is 15.2. The summed E-state index contributed by atoms with van der Waals surface area (Å²) in [6.45, 7) is 2.69. The lowest BCUT2D eigenvalue weighted by molar-refractivity contribution is 0.340. The van der Waals surface area contributed by atoms with Crippen LogP contribution in [0.2, 0.25) is 0 Å². The fraction of sp³-hybridized carbons (Fsp3) is 0.333. The maximum absolute atomic E-state index is 5.50. The van der Waals surface area contributed by atoms with Gasteiger partial charge in [-0.1, -0.05) is 24.3 Å². The summed E-state index contributed by atoms with van der Waals surface area (Å²) in [4.78, 5) is 2.11. The van der Waals surface area contributed by atoms with Gasteiger partial charge in [0.2, 0.25) is 0 Å². The molecule has 3 nitrogen and oxygen atoms in total. The van der Waals surface area contributed by atoms with E-state index in [-0.39, 0.29) is 6.04 Å². The summed E-state index contributed by atoms with van der Waals surface area (Å²) in [5, 5.41) is 3.38. The number of ether oxygens (including phenoxy) is 1. The molecule has 0 radical (unpaired) electrons. The van der Waals surface area contributed by atoms with E-state index in [0.29, 0.717) is 6.61 Å². The van der Waals surface area contributed by atoms with Crippen LogP contribution in [0.3, 0.4) is 0 Å². The van der Waals surface area contributed by atoms with Crippen LogP contribution in [0.15, 0.2) is 48.5 Å². The van der Waals surface area contributed by atoms with Crippen LogP contribution in [0.25, 0.3) is 0 Å². The van der Waals surface area contributed by atoms with Crippen molar-refractivity contribution in [2.45, 2.75) is 13.0 Å². The van der Waals surface area contributed by atoms with Gasteiger partial charge in [0.15, 0.2) is 0 Å². The molecule has 112 valence electrons. The number of nitrogens with zero attached hydrogens (tertiary/aromatic N) is 1. The van der Waals surface area contributed by atoms with E-state index >= 15 is 0 Å². The van der Waals surface area contributed by atoms with Crippen LogP contribution in [-0.2, 0) is 0 Å². The van der Waals surface area contributed by atoms with Gasteiger partial charge in [-0.3, -0.25) is 0 Å². The predicted octanol–water partition coefficient (Wildman–Crippen LogP) is 3.46. The molecule has 0 bridgehead atoms. The Morgan fingerprint density at radius 1 is 0.952 bits per heavy atom. The number of benzene rings is 2. The third-order valence-electron chi connectivity index (χ3n) is 3.56. The second kappa shape index (κ2) is 7.14. The Balaban J connectivity index is 2.22. The van der Waals surface area contributed by atoms with Crippen molar-refractivity contribution in [2.75, 3.05) is 32.6 Å². The summed E-state index contributed by atoms with van der Waals surface area (Å²) < 4.78 is 5.50. The lowest BCUT2D eigenvalue weighted by Crippen LogP contribution is -2.18. The van der Waals surface area contributed by atoms with Crippen LogP contribution in [0, 0.1) is 0 Å². The van der Waals surface area contributed by atoms with Gasteiger partial charge < -0.3 is 15.0 Å². The Morgan fingerprint density at radius 2 is 1.48 bits per heavy atom. The fourth-order valence-corrected chi connectivity index (χ4v) is 2.41. The first-order chi connectivity index (χ1) is 10.2. The smallest absolute Gasteiger partial charge is 0.119 e. The molecule has 0 amide bonds. The van der Waals surface area contributed by atoms with Gasteiger partial charge in [-0.05, 0) is 49.4 Å². The van der Waals surface area contributed by atoms with Gasteiger partial charge in [-0.15, -0.1) is 0 Å². The predicted molar refractivity (Wildman–Crippen MR) is 89.3 cm³/mol. The molecule has 2 rings (SSSR count). The van der Waals surface area contributed by atoms with E-state index in [1.54, 1.807) is 0 Å². The standard InChI is InChI=1S/C18H24N2O/c1-5-21-17-12-8-15(9-13-17)18(19-2)14-6-10-16(11-7-14)20(3)4/h6-13,18-19H,5H2,1-4H3. The van der Waals surface area contributed by atoms with Crippen LogP contribution >= 0.6 is 0 Å². The highest BCUT2D eigenvalue weighted by atomic mass is 16.5. The molecule has 1 N–H and O–H groups in total. The van der Waals surface area contributed by atoms with Crippen molar-refractivity contribution < 1.29 is 4.74 Å². The second-order valence-electron chi connectivity index (χ2n) is 5.21. The molecule has 2 aromatic rings. The zero-order valence-corrected chi connectivity index (χ0v) is 13.3. The maximum Gasteiger partial charge on any atom is 0.119 e. The summed E-state index contributed by atoms with van der Waals surface area (Å²) in [5.74, 6) is 0.916. The molecule has 1 atom stereocenters. The first-order valence-electron chi connectivity index (χ1n) is 7.33. The third-order valence-corrected chi connectivity index (χ3v) is 3.56. The Labute approximate surface area is 127 Å². The monoisotopic (exact) mass is 284 g/mol. The lowest BCUT2D eigenvalue weighted by atomic mass is 9.98. The molecule has 1 unspecified atom stereocenters. The van der Waals surface area contributed by atoms with Crippen LogP contribution < -0.4 is 15.0 Å². The van der Waals surface area contributed by atoms with Crippen molar-refractivity contribution in [3.63, 3.8) is 0 Å². The number of anilines is 1. The minimum Gasteiger partial charge on any atom is -0.494 e. The summed E-state index contributed by atoms with van der Waals surface area (Å²) in [6.07, 6.45) is 0. The summed E-state index contributed by atoms with van der Waals surface area (Å²) >= 11 is 0. The Bertz CT molecular complexity index is 546. The van der Waals surface area contributed by atoms with Crippen LogP contribution in [0.4, 0.5) is 5.69 Å². The molecule has 0 spiro atoms. The highest BCUT2D eigenvalue weighted by Gasteiger charge is 2.12. The molecule has 0 aliphatic carbocycles. The Hall–Kier alpha value is -2.00. The average molecular weight is 284 g/mol. The molecule has 2 aromatic carbocycles. The summed E-state index contributed by atoms with van der Waals surface area (Å²) in [6, 6.07) is 17.1. The van der Waals surface area contributed by atoms with E-state index in [9.17, 15) is 0 Å². The van der Waals surface area contributed by atoms with Crippen molar-refractivity contribution in [3.8, 4) is 5.75 Å². The van der Waals surface area contributed by atoms with Gasteiger partial charge in [0, 0.05) is 19.8 Å². The molecular weight excluding hydrogens is 260 g/mol. The largest absolute Gasteiger partial charge is 0.494 e. The van der Waals surface area contributed by atoms with Crippen molar-refractivity contribution >= 4 is 5.69 Å². The molecule has 0 saturated heterocycles. The minimum absolute atomic E-state index is 0.192. The topological polar surface area (TPSA) is 24.5 Å². The quantitative estimate of drug-likeness (QED) is 0.879. The molecule has 21 heavy (non-hydrogen) atoms. The number of hydrogen-bond acceptors (Lipinski definition) is 3. The SMILES string of the molecule is CCOc1ccc(C(NC)c2ccc(N(C)C)cc2)cc1. The van der Waals surface area contributed by atoms with Gasteiger partial charge in [0.05, 0.1) is 12.6 Å². The summed E-state index contributed by atoms with van der Waals surface area (Å²) in [5.41, 5.74) is 3.70. The number of hydrogen-bond donors (Lipinski definition) is 1. The lowest BCUT2D eigenvalue weighted by Gasteiger charge is -2.19. The minimum atomic E-state index is 0.192. The fourth-order valence-electron chi connectivity index (χ4n) is 2.41. The zero-order valence-electron chi connectivity index (χ0n) is 13.3. The van der Waals surface area contributed by atoms with Crippen molar-refractivity contribution in [1.29, 1.82) is 0 Å². The Morgan fingerprint density at radius 3 is 1.90 bits per heavy atom. The van der Waals surface area contributed by atoms with Gasteiger partial charge in [-0.25, -0.2) is 0 Å². The van der Waals surface area contributed by atoms with Crippen LogP contribution in [0.5, 0.6) is 5.75 Å². The van der Waals surface area contributed by atoms with Gasteiger partial charge in [-0.2, -0.15) is 0 Å². The van der Waals surface area contributed by atoms with Gasteiger partial charge in [0.1, 0.15) is 5.75 Å². The normalized spacial score (nSPS) is 12.0. The van der Waals surface area contributed by atoms with Crippen molar-refractivity contribution in [1.82, 2.24) is 5.32 Å². The van der Waals surface area contributed by atoms with E-state index in [2.05, 4.69) is 60.7 Å². The van der Waals surface area contributed by atoms with E-state index in [1.165, 1.54) is 16.8 Å². The third kappa shape index (κ3) is 3.76. The van der Waals surface area contributed by atoms with Crippen molar-refractivity contribution in [3.05, 3.63) is 59.7 Å². The molecule has 0 fully saturated rings. The highest BCUT2D eigenvalue weighted by molar-refractivity contribution is 5.48. The number of rotatable bonds is 6. The highest BCUT2D eigenvalue weighted by Crippen LogP contribution is 2.25. The van der Waals surface area contributed by atoms with Crippen molar-refractivity contribution in [2.24, 2.45) is 0 Å². The average Bonchev–Trinajstić information content (AvgIpc) is 2.50. The molecular formula is C18H24N2O. The Kier molecular flexibility index (Phi) is 5.23. The van der Waals surface area contributed by atoms with E-state index in [1.807, 2.05) is 26.1 Å². The summed E-state index contributed by atoms with van der Waals surface area (Å²) in [7, 11) is 6.09. The molecule has 0 heterocycles. The second-order valence-corrected chi connectivity index (χ2v) is 5.21. The first-order valence-corrected chi connectivity index (χ1v) is 7.33. The molecule has 0 aromatic heterocycles. The van der Waals surface area contributed by atoms with Crippen LogP contribution in [0.1, 0.15) is 24.1 Å². The maximum atomic E-state index is 5.50. The molecule has 3 heteroatoms. The molecule has 0 aliphatic heterocycles. The van der Waals surface area contributed by atoms with E-state index in [4.69, 9.17) is 4.74 Å². The van der Waals surface area contributed by atoms with Gasteiger partial charge in [0.25, 0.3) is 0 Å². The molecule has 0 saturated carbocycles. The number of nitrogens with one attached hydrogen (secondary N) is 1. The molecule has 0 aliphatic rings. The first kappa shape index (κ1) is 15.4. The van der Waals surface area contributed by atoms with E-state index in [0.717, 1.165) is 5.75 Å². The van der Waals surface area contributed by atoms with E-state index < -0.39 is 0 Å².